The van der Waals surface area contributed by atoms with Gasteiger partial charge in [0.1, 0.15) is 6.61 Å². The normalized spacial score (nSPS) is 12.3. The summed E-state index contributed by atoms with van der Waals surface area (Å²) in [6.45, 7) is 4.69. The van der Waals surface area contributed by atoms with E-state index in [2.05, 4.69) is 34.2 Å². The first kappa shape index (κ1) is 18.9. The van der Waals surface area contributed by atoms with Gasteiger partial charge in [0.05, 0.1) is 11.6 Å². The van der Waals surface area contributed by atoms with E-state index >= 15 is 0 Å². The summed E-state index contributed by atoms with van der Waals surface area (Å²) in [4.78, 5) is 0. The molecule has 26 heavy (non-hydrogen) atoms. The van der Waals surface area contributed by atoms with Gasteiger partial charge in [0.2, 0.25) is 6.79 Å². The molecule has 0 saturated heterocycles. The van der Waals surface area contributed by atoms with E-state index in [1.807, 2.05) is 24.3 Å². The fourth-order valence-corrected chi connectivity index (χ4v) is 3.34. The fourth-order valence-electron chi connectivity index (χ4n) is 2.74. The molecule has 5 nitrogen and oxygen atoms in total. The van der Waals surface area contributed by atoms with Crippen LogP contribution in [0.15, 0.2) is 34.8 Å². The molecule has 0 fully saturated rings. The quantitative estimate of drug-likeness (QED) is 0.596. The summed E-state index contributed by atoms with van der Waals surface area (Å²) >= 11 is 3.61. The van der Waals surface area contributed by atoms with Gasteiger partial charge in [-0.3, -0.25) is 0 Å². The standard InChI is InChI=1S/C20H24BrNO4/c1-3-4-7-22-11-15-8-16(21)20(19(10-15)23-2)24-12-14-5-6-17-18(9-14)26-13-25-17/h5-6,8-10,22H,3-4,7,11-13H2,1-2H3. The van der Waals surface area contributed by atoms with Crippen LogP contribution in [0.2, 0.25) is 0 Å². The summed E-state index contributed by atoms with van der Waals surface area (Å²) in [7, 11) is 1.66. The highest BCUT2D eigenvalue weighted by Crippen LogP contribution is 2.38. The zero-order valence-electron chi connectivity index (χ0n) is 15.1. The molecule has 0 aliphatic carbocycles. The number of unbranched alkanes of at least 4 members (excludes halogenated alkanes) is 1. The topological polar surface area (TPSA) is 49.0 Å². The Labute approximate surface area is 162 Å². The number of benzene rings is 2. The van der Waals surface area contributed by atoms with Crippen molar-refractivity contribution < 1.29 is 18.9 Å². The highest BCUT2D eigenvalue weighted by molar-refractivity contribution is 9.10. The molecular formula is C20H24BrNO4. The lowest BCUT2D eigenvalue weighted by atomic mass is 10.2. The molecule has 0 bridgehead atoms. The molecule has 1 aliphatic rings. The van der Waals surface area contributed by atoms with Crippen molar-refractivity contribution >= 4 is 15.9 Å². The Balaban J connectivity index is 1.67. The van der Waals surface area contributed by atoms with Gasteiger partial charge in [-0.15, -0.1) is 0 Å². The monoisotopic (exact) mass is 421 g/mol. The van der Waals surface area contributed by atoms with Crippen LogP contribution < -0.4 is 24.3 Å². The van der Waals surface area contributed by atoms with Gasteiger partial charge in [0, 0.05) is 6.54 Å². The van der Waals surface area contributed by atoms with Crippen molar-refractivity contribution in [2.75, 3.05) is 20.4 Å². The van der Waals surface area contributed by atoms with Gasteiger partial charge in [0.25, 0.3) is 0 Å². The summed E-state index contributed by atoms with van der Waals surface area (Å²) < 4.78 is 23.2. The molecule has 1 aliphatic heterocycles. The maximum atomic E-state index is 6.01. The molecule has 3 rings (SSSR count). The van der Waals surface area contributed by atoms with Gasteiger partial charge in [-0.1, -0.05) is 19.4 Å². The van der Waals surface area contributed by atoms with Crippen LogP contribution in [0.1, 0.15) is 30.9 Å². The van der Waals surface area contributed by atoms with Crippen LogP contribution in [0.4, 0.5) is 0 Å². The number of hydrogen-bond acceptors (Lipinski definition) is 5. The van der Waals surface area contributed by atoms with Gasteiger partial charge < -0.3 is 24.3 Å². The average Bonchev–Trinajstić information content (AvgIpc) is 3.11. The SMILES string of the molecule is CCCCNCc1cc(Br)c(OCc2ccc3c(c2)OCO3)c(OC)c1. The largest absolute Gasteiger partial charge is 0.493 e. The van der Waals surface area contributed by atoms with Gasteiger partial charge in [-0.05, 0) is 64.3 Å². The second-order valence-corrected chi connectivity index (χ2v) is 6.97. The van der Waals surface area contributed by atoms with Gasteiger partial charge >= 0.3 is 0 Å². The zero-order valence-corrected chi connectivity index (χ0v) is 16.7. The van der Waals surface area contributed by atoms with Crippen LogP contribution in [0.25, 0.3) is 0 Å². The minimum absolute atomic E-state index is 0.271. The third-order valence-corrected chi connectivity index (χ3v) is 4.73. The second-order valence-electron chi connectivity index (χ2n) is 6.12. The van der Waals surface area contributed by atoms with Crippen molar-refractivity contribution in [2.24, 2.45) is 0 Å². The molecule has 0 saturated carbocycles. The second kappa shape index (κ2) is 9.14. The molecular weight excluding hydrogens is 398 g/mol. The minimum atomic E-state index is 0.271. The van der Waals surface area contributed by atoms with E-state index in [-0.39, 0.29) is 6.79 Å². The number of hydrogen-bond donors (Lipinski definition) is 1. The summed E-state index contributed by atoms with van der Waals surface area (Å²) in [5.41, 5.74) is 2.16. The lowest BCUT2D eigenvalue weighted by Gasteiger charge is -2.15. The van der Waals surface area contributed by atoms with Crippen molar-refractivity contribution in [1.29, 1.82) is 0 Å². The van der Waals surface area contributed by atoms with Crippen LogP contribution in [0.3, 0.4) is 0 Å². The Morgan fingerprint density at radius 3 is 2.77 bits per heavy atom. The number of nitrogens with one attached hydrogen (secondary N) is 1. The van der Waals surface area contributed by atoms with Crippen molar-refractivity contribution in [3.63, 3.8) is 0 Å². The number of methoxy groups -OCH3 is 1. The number of ether oxygens (including phenoxy) is 4. The van der Waals surface area contributed by atoms with E-state index < -0.39 is 0 Å². The summed E-state index contributed by atoms with van der Waals surface area (Å²) in [6, 6.07) is 9.89. The van der Waals surface area contributed by atoms with Gasteiger partial charge in [-0.25, -0.2) is 0 Å². The van der Waals surface area contributed by atoms with Gasteiger partial charge in [0.15, 0.2) is 23.0 Å². The Hall–Kier alpha value is -1.92. The third-order valence-electron chi connectivity index (χ3n) is 4.15. The number of rotatable bonds is 9. The van der Waals surface area contributed by atoms with E-state index in [9.17, 15) is 0 Å². The maximum Gasteiger partial charge on any atom is 0.231 e. The highest BCUT2D eigenvalue weighted by Gasteiger charge is 2.15. The molecule has 0 amide bonds. The molecule has 1 N–H and O–H groups in total. The molecule has 140 valence electrons. The first-order chi connectivity index (χ1) is 12.7. The van der Waals surface area contributed by atoms with Crippen LogP contribution >= 0.6 is 15.9 Å². The minimum Gasteiger partial charge on any atom is -0.493 e. The average molecular weight is 422 g/mol. The van der Waals surface area contributed by atoms with Crippen molar-refractivity contribution in [3.05, 3.63) is 45.9 Å². The molecule has 0 aromatic heterocycles. The smallest absolute Gasteiger partial charge is 0.231 e. The van der Waals surface area contributed by atoms with E-state index in [1.165, 1.54) is 12.8 Å². The molecule has 1 heterocycles. The Morgan fingerprint density at radius 2 is 1.96 bits per heavy atom. The molecule has 0 radical (unpaired) electrons. The lowest BCUT2D eigenvalue weighted by molar-refractivity contribution is 0.174. The Kier molecular flexibility index (Phi) is 6.63. The van der Waals surface area contributed by atoms with E-state index in [0.29, 0.717) is 18.1 Å². The number of fused-ring (bicyclic) bond motifs is 1. The first-order valence-corrected chi connectivity index (χ1v) is 9.59. The molecule has 2 aromatic carbocycles. The maximum absolute atomic E-state index is 6.01. The predicted molar refractivity (Wildman–Crippen MR) is 104 cm³/mol. The van der Waals surface area contributed by atoms with Crippen molar-refractivity contribution in [1.82, 2.24) is 5.32 Å². The fraction of sp³-hybridized carbons (Fsp3) is 0.400. The first-order valence-electron chi connectivity index (χ1n) is 8.79. The van der Waals surface area contributed by atoms with Crippen LogP contribution in [-0.4, -0.2) is 20.4 Å². The molecule has 6 heteroatoms. The molecule has 0 spiro atoms. The summed E-state index contributed by atoms with van der Waals surface area (Å²) in [6.07, 6.45) is 2.36. The summed E-state index contributed by atoms with van der Waals surface area (Å²) in [5.74, 6) is 2.94. The van der Waals surface area contributed by atoms with Crippen LogP contribution in [-0.2, 0) is 13.2 Å². The molecule has 0 atom stereocenters. The third kappa shape index (κ3) is 4.62. The van der Waals surface area contributed by atoms with E-state index in [1.54, 1.807) is 7.11 Å². The molecule has 0 unspecified atom stereocenters. The lowest BCUT2D eigenvalue weighted by Crippen LogP contribution is -2.14. The van der Waals surface area contributed by atoms with Gasteiger partial charge in [-0.2, -0.15) is 0 Å². The van der Waals surface area contributed by atoms with Crippen molar-refractivity contribution in [3.8, 4) is 23.0 Å². The Morgan fingerprint density at radius 1 is 1.12 bits per heavy atom. The highest BCUT2D eigenvalue weighted by atomic mass is 79.9. The van der Waals surface area contributed by atoms with Crippen LogP contribution in [0, 0.1) is 0 Å². The zero-order chi connectivity index (χ0) is 18.4. The summed E-state index contributed by atoms with van der Waals surface area (Å²) in [5, 5.41) is 3.44. The van der Waals surface area contributed by atoms with Crippen LogP contribution in [0.5, 0.6) is 23.0 Å². The van der Waals surface area contributed by atoms with E-state index in [4.69, 9.17) is 18.9 Å². The molecule has 2 aromatic rings. The van der Waals surface area contributed by atoms with E-state index in [0.717, 1.165) is 40.2 Å². The van der Waals surface area contributed by atoms with Crippen molar-refractivity contribution in [2.45, 2.75) is 32.9 Å². The number of halogens is 1. The predicted octanol–water partition coefficient (Wildman–Crippen LogP) is 4.66. The Bertz CT molecular complexity index is 751.